The van der Waals surface area contributed by atoms with Crippen molar-refractivity contribution in [2.45, 2.75) is 13.0 Å². The van der Waals surface area contributed by atoms with Gasteiger partial charge in [-0.25, -0.2) is 4.79 Å². The second kappa shape index (κ2) is 9.44. The van der Waals surface area contributed by atoms with Gasteiger partial charge in [-0.15, -0.1) is 0 Å². The average Bonchev–Trinajstić information content (AvgIpc) is 3.31. The Hall–Kier alpha value is -3.65. The number of benzene rings is 2. The molecule has 0 radical (unpaired) electrons. The largest absolute Gasteiger partial charge is 0.448 e. The molecule has 0 spiro atoms. The van der Waals surface area contributed by atoms with Crippen molar-refractivity contribution in [1.29, 1.82) is 0 Å². The molecule has 3 aromatic rings. The molecule has 1 aliphatic heterocycles. The first kappa shape index (κ1) is 20.6. The first-order valence-electron chi connectivity index (χ1n) is 10.2. The molecule has 1 saturated heterocycles. The fourth-order valence-corrected chi connectivity index (χ4v) is 3.28. The van der Waals surface area contributed by atoms with E-state index in [2.05, 4.69) is 20.4 Å². The maximum Gasteiger partial charge on any atom is 0.357 e. The summed E-state index contributed by atoms with van der Waals surface area (Å²) >= 11 is 0. The van der Waals surface area contributed by atoms with E-state index in [1.807, 2.05) is 54.6 Å². The van der Waals surface area contributed by atoms with E-state index in [4.69, 9.17) is 9.47 Å². The summed E-state index contributed by atoms with van der Waals surface area (Å²) in [6.45, 7) is 4.65. The molecule has 2 aromatic carbocycles. The van der Waals surface area contributed by atoms with Crippen LogP contribution in [0.1, 0.15) is 17.4 Å². The SMILES string of the molecule is C[C@H](OC(=O)c1cc(-c2ccccc2)n[nH]1)C(=O)Nc1ccc(N2CCOCC2)cc1. The standard InChI is InChI=1S/C23H24N4O4/c1-16(31-23(29)21-15-20(25-26-21)17-5-3-2-4-6-17)22(28)24-18-7-9-19(10-8-18)27-11-13-30-14-12-27/h2-10,15-16H,11-14H2,1H3,(H,24,28)(H,25,26)/t16-/m0/s1. The Bertz CT molecular complexity index is 1030. The van der Waals surface area contributed by atoms with Crippen molar-refractivity contribution in [2.75, 3.05) is 36.5 Å². The number of aromatic amines is 1. The lowest BCUT2D eigenvalue weighted by Gasteiger charge is -2.28. The number of nitrogens with one attached hydrogen (secondary N) is 2. The molecule has 8 heteroatoms. The number of nitrogens with zero attached hydrogens (tertiary/aromatic N) is 2. The normalized spacial score (nSPS) is 14.7. The number of H-pyrrole nitrogens is 1. The summed E-state index contributed by atoms with van der Waals surface area (Å²) < 4.78 is 10.7. The van der Waals surface area contributed by atoms with Gasteiger partial charge >= 0.3 is 5.97 Å². The summed E-state index contributed by atoms with van der Waals surface area (Å²) in [6.07, 6.45) is -0.963. The summed E-state index contributed by atoms with van der Waals surface area (Å²) in [5.41, 5.74) is 3.41. The van der Waals surface area contributed by atoms with Crippen LogP contribution in [0.25, 0.3) is 11.3 Å². The van der Waals surface area contributed by atoms with E-state index in [0.717, 1.165) is 24.3 Å². The third-order valence-corrected chi connectivity index (χ3v) is 5.03. The fraction of sp³-hybridized carbons (Fsp3) is 0.261. The van der Waals surface area contributed by atoms with E-state index in [-0.39, 0.29) is 5.69 Å². The summed E-state index contributed by atoms with van der Waals surface area (Å²) in [6, 6.07) is 18.6. The average molecular weight is 420 g/mol. The van der Waals surface area contributed by atoms with E-state index in [1.165, 1.54) is 6.92 Å². The number of morpholine rings is 1. The number of carbonyl (C=O) groups excluding carboxylic acids is 2. The summed E-state index contributed by atoms with van der Waals surface area (Å²) in [4.78, 5) is 27.1. The number of hydrogen-bond acceptors (Lipinski definition) is 6. The van der Waals surface area contributed by atoms with Gasteiger partial charge in [-0.3, -0.25) is 9.89 Å². The molecule has 1 atom stereocenters. The summed E-state index contributed by atoms with van der Waals surface area (Å²) in [7, 11) is 0. The molecular weight excluding hydrogens is 396 g/mol. The third kappa shape index (κ3) is 5.10. The Morgan fingerprint density at radius 3 is 2.52 bits per heavy atom. The van der Waals surface area contributed by atoms with Crippen molar-refractivity contribution in [3.8, 4) is 11.3 Å². The number of esters is 1. The monoisotopic (exact) mass is 420 g/mol. The highest BCUT2D eigenvalue weighted by molar-refractivity contribution is 5.97. The molecule has 2 N–H and O–H groups in total. The van der Waals surface area contributed by atoms with Crippen molar-refractivity contribution in [1.82, 2.24) is 10.2 Å². The molecule has 2 heterocycles. The molecule has 8 nitrogen and oxygen atoms in total. The topological polar surface area (TPSA) is 96.5 Å². The van der Waals surface area contributed by atoms with Gasteiger partial charge in [-0.05, 0) is 37.3 Å². The first-order valence-corrected chi connectivity index (χ1v) is 10.2. The van der Waals surface area contributed by atoms with Gasteiger partial charge in [-0.1, -0.05) is 30.3 Å². The van der Waals surface area contributed by atoms with Crippen LogP contribution in [-0.2, 0) is 14.3 Å². The van der Waals surface area contributed by atoms with Gasteiger partial charge in [-0.2, -0.15) is 5.10 Å². The zero-order valence-electron chi connectivity index (χ0n) is 17.2. The molecule has 160 valence electrons. The Balaban J connectivity index is 1.32. The maximum atomic E-state index is 12.5. The van der Waals surface area contributed by atoms with Crippen LogP contribution in [0.3, 0.4) is 0 Å². The molecule has 4 rings (SSSR count). The second-order valence-electron chi connectivity index (χ2n) is 7.22. The van der Waals surface area contributed by atoms with Crippen LogP contribution in [0.5, 0.6) is 0 Å². The number of amides is 1. The lowest BCUT2D eigenvalue weighted by atomic mass is 10.1. The number of anilines is 2. The predicted molar refractivity (Wildman–Crippen MR) is 117 cm³/mol. The molecular formula is C23H24N4O4. The Morgan fingerprint density at radius 2 is 1.81 bits per heavy atom. The van der Waals surface area contributed by atoms with Gasteiger partial charge in [0.1, 0.15) is 5.69 Å². The van der Waals surface area contributed by atoms with Crippen LogP contribution in [0.4, 0.5) is 11.4 Å². The first-order chi connectivity index (χ1) is 15.1. The number of carbonyl (C=O) groups is 2. The van der Waals surface area contributed by atoms with Crippen molar-refractivity contribution in [3.63, 3.8) is 0 Å². The van der Waals surface area contributed by atoms with E-state index < -0.39 is 18.0 Å². The molecule has 0 aliphatic carbocycles. The van der Waals surface area contributed by atoms with E-state index in [1.54, 1.807) is 6.07 Å². The lowest BCUT2D eigenvalue weighted by molar-refractivity contribution is -0.123. The Morgan fingerprint density at radius 1 is 1.10 bits per heavy atom. The van der Waals surface area contributed by atoms with E-state index >= 15 is 0 Å². The Labute approximate surface area is 180 Å². The molecule has 1 aliphatic rings. The van der Waals surface area contributed by atoms with E-state index in [9.17, 15) is 9.59 Å². The maximum absolute atomic E-state index is 12.5. The molecule has 1 amide bonds. The van der Waals surface area contributed by atoms with Crippen LogP contribution in [-0.4, -0.2) is 54.5 Å². The van der Waals surface area contributed by atoms with Crippen molar-refractivity contribution in [3.05, 3.63) is 66.4 Å². The van der Waals surface area contributed by atoms with Crippen molar-refractivity contribution >= 4 is 23.3 Å². The van der Waals surface area contributed by atoms with Crippen LogP contribution in [0.2, 0.25) is 0 Å². The highest BCUT2D eigenvalue weighted by Gasteiger charge is 2.21. The minimum Gasteiger partial charge on any atom is -0.448 e. The fourth-order valence-electron chi connectivity index (χ4n) is 3.28. The van der Waals surface area contributed by atoms with Crippen LogP contribution in [0.15, 0.2) is 60.7 Å². The highest BCUT2D eigenvalue weighted by Crippen LogP contribution is 2.20. The molecule has 1 fully saturated rings. The van der Waals surface area contributed by atoms with Gasteiger partial charge in [0.25, 0.3) is 5.91 Å². The zero-order chi connectivity index (χ0) is 21.6. The predicted octanol–water partition coefficient (Wildman–Crippen LogP) is 3.10. The number of ether oxygens (including phenoxy) is 2. The van der Waals surface area contributed by atoms with Crippen LogP contribution >= 0.6 is 0 Å². The van der Waals surface area contributed by atoms with Crippen molar-refractivity contribution < 1.29 is 19.1 Å². The van der Waals surface area contributed by atoms with Crippen molar-refractivity contribution in [2.24, 2.45) is 0 Å². The molecule has 31 heavy (non-hydrogen) atoms. The second-order valence-corrected chi connectivity index (χ2v) is 7.22. The van der Waals surface area contributed by atoms with Gasteiger partial charge in [0.05, 0.1) is 18.9 Å². The zero-order valence-corrected chi connectivity index (χ0v) is 17.2. The van der Waals surface area contributed by atoms with Gasteiger partial charge in [0.15, 0.2) is 6.10 Å². The summed E-state index contributed by atoms with van der Waals surface area (Å²) in [5, 5.41) is 9.58. The molecule has 1 aromatic heterocycles. The lowest BCUT2D eigenvalue weighted by Crippen LogP contribution is -2.36. The molecule has 0 unspecified atom stereocenters. The van der Waals surface area contributed by atoms with Gasteiger partial charge in [0, 0.05) is 30.0 Å². The van der Waals surface area contributed by atoms with E-state index in [0.29, 0.717) is 24.6 Å². The third-order valence-electron chi connectivity index (χ3n) is 5.03. The quantitative estimate of drug-likeness (QED) is 0.595. The smallest absolute Gasteiger partial charge is 0.357 e. The molecule has 0 saturated carbocycles. The van der Waals surface area contributed by atoms with Gasteiger partial charge < -0.3 is 19.7 Å². The van der Waals surface area contributed by atoms with Gasteiger partial charge in [0.2, 0.25) is 0 Å². The number of hydrogen-bond donors (Lipinski definition) is 2. The minimum atomic E-state index is -0.963. The summed E-state index contributed by atoms with van der Waals surface area (Å²) in [5.74, 6) is -1.05. The van der Waals surface area contributed by atoms with Crippen LogP contribution in [0, 0.1) is 0 Å². The Kier molecular flexibility index (Phi) is 6.28. The molecule has 0 bridgehead atoms. The highest BCUT2D eigenvalue weighted by atomic mass is 16.5. The number of aromatic nitrogens is 2. The minimum absolute atomic E-state index is 0.188. The number of rotatable bonds is 6. The van der Waals surface area contributed by atoms with Crippen LogP contribution < -0.4 is 10.2 Å².